The van der Waals surface area contributed by atoms with Crippen molar-refractivity contribution in [1.82, 2.24) is 0 Å². The highest BCUT2D eigenvalue weighted by Gasteiger charge is 2.39. The zero-order valence-electron chi connectivity index (χ0n) is 18.1. The molecule has 0 aromatic rings. The van der Waals surface area contributed by atoms with E-state index in [0.29, 0.717) is 36.1 Å². The fourth-order valence-electron chi connectivity index (χ4n) is 3.37. The molecule has 1 N–H and O–H groups in total. The molecule has 3 atom stereocenters. The maximum atomic E-state index is 10.8. The van der Waals surface area contributed by atoms with Crippen molar-refractivity contribution in [3.63, 3.8) is 0 Å². The van der Waals surface area contributed by atoms with Crippen LogP contribution in [0.5, 0.6) is 0 Å². The van der Waals surface area contributed by atoms with Crippen LogP contribution in [0.1, 0.15) is 97.8 Å². The Bertz CT molecular complexity index is 613. The summed E-state index contributed by atoms with van der Waals surface area (Å²) in [6.07, 6.45) is 9.82. The van der Waals surface area contributed by atoms with Crippen molar-refractivity contribution in [2.45, 2.75) is 97.8 Å². The fourth-order valence-corrected chi connectivity index (χ4v) is 3.37. The number of carboxylic acids is 1. The maximum Gasteiger partial charge on any atom is 0.306 e. The number of carboxylic acid groups (broad SMARTS) is 1. The maximum absolute atomic E-state index is 10.8. The zero-order chi connectivity index (χ0) is 22.0. The molecule has 0 aliphatic heterocycles. The molecule has 4 aliphatic carbocycles. The third kappa shape index (κ3) is 9.01. The van der Waals surface area contributed by atoms with Crippen LogP contribution in [0, 0.1) is 17.3 Å². The Morgan fingerprint density at radius 3 is 1.59 bits per heavy atom. The van der Waals surface area contributed by atoms with Crippen LogP contribution in [0.25, 0.3) is 0 Å². The number of hydrogen-bond acceptors (Lipinski definition) is 5. The zero-order valence-corrected chi connectivity index (χ0v) is 18.1. The van der Waals surface area contributed by atoms with Crippen molar-refractivity contribution < 1.29 is 29.1 Å². The van der Waals surface area contributed by atoms with Crippen molar-refractivity contribution in [2.24, 2.45) is 17.3 Å². The van der Waals surface area contributed by atoms with Gasteiger partial charge in [0, 0.05) is 50.4 Å². The van der Waals surface area contributed by atoms with Gasteiger partial charge in [0.1, 0.15) is 23.1 Å². The van der Waals surface area contributed by atoms with Crippen LogP contribution in [0.2, 0.25) is 0 Å². The van der Waals surface area contributed by atoms with Gasteiger partial charge in [-0.05, 0) is 38.0 Å². The van der Waals surface area contributed by atoms with Crippen LogP contribution >= 0.6 is 0 Å². The predicted octanol–water partition coefficient (Wildman–Crippen LogP) is 4.32. The highest BCUT2D eigenvalue weighted by Crippen LogP contribution is 2.39. The molecule has 0 heterocycles. The van der Waals surface area contributed by atoms with E-state index in [2.05, 4.69) is 20.8 Å². The predicted molar refractivity (Wildman–Crippen MR) is 110 cm³/mol. The summed E-state index contributed by atoms with van der Waals surface area (Å²) in [5.41, 5.74) is 0.0833. The molecule has 4 saturated carbocycles. The van der Waals surface area contributed by atoms with Crippen LogP contribution in [0.4, 0.5) is 0 Å². The van der Waals surface area contributed by atoms with Gasteiger partial charge < -0.3 is 5.11 Å². The van der Waals surface area contributed by atoms with Gasteiger partial charge in [-0.1, -0.05) is 20.8 Å². The van der Waals surface area contributed by atoms with Crippen molar-refractivity contribution in [3.05, 3.63) is 0 Å². The first-order valence-electron chi connectivity index (χ1n) is 10.9. The third-order valence-corrected chi connectivity index (χ3v) is 6.36. The number of hydrogen-bond donors (Lipinski definition) is 1. The van der Waals surface area contributed by atoms with Gasteiger partial charge in [0.15, 0.2) is 0 Å². The SMILES string of the molecule is CC1CCC(=O)C1.CCC1(C)CCC1=O.O=C1CCC(C(=O)O)C1.O=C1CCC1. The normalized spacial score (nSPS) is 29.9. The number of rotatable bonds is 2. The number of aliphatic carboxylic acids is 1. The molecule has 4 fully saturated rings. The molecule has 0 saturated heterocycles. The van der Waals surface area contributed by atoms with E-state index in [1.807, 2.05) is 0 Å². The van der Waals surface area contributed by atoms with E-state index < -0.39 is 11.9 Å². The first-order valence-corrected chi connectivity index (χ1v) is 10.9. The first kappa shape index (κ1) is 25.2. The van der Waals surface area contributed by atoms with Crippen LogP contribution in [0.15, 0.2) is 0 Å². The molecule has 0 aromatic heterocycles. The van der Waals surface area contributed by atoms with Crippen molar-refractivity contribution in [2.75, 3.05) is 0 Å². The molecule has 4 rings (SSSR count). The van der Waals surface area contributed by atoms with E-state index in [4.69, 9.17) is 5.11 Å². The Morgan fingerprint density at radius 2 is 1.48 bits per heavy atom. The summed E-state index contributed by atoms with van der Waals surface area (Å²) in [6, 6.07) is 0. The van der Waals surface area contributed by atoms with Crippen LogP contribution < -0.4 is 0 Å². The molecule has 29 heavy (non-hydrogen) atoms. The van der Waals surface area contributed by atoms with Crippen molar-refractivity contribution in [3.8, 4) is 0 Å². The average Bonchev–Trinajstić information content (AvgIpc) is 3.27. The lowest BCUT2D eigenvalue weighted by molar-refractivity contribution is -0.142. The minimum atomic E-state index is -0.833. The second kappa shape index (κ2) is 12.0. The highest BCUT2D eigenvalue weighted by molar-refractivity contribution is 5.89. The van der Waals surface area contributed by atoms with Gasteiger partial charge in [-0.15, -0.1) is 0 Å². The molecule has 0 aromatic carbocycles. The molecule has 0 amide bonds. The molecule has 4 aliphatic rings. The van der Waals surface area contributed by atoms with Gasteiger partial charge in [-0.3, -0.25) is 24.0 Å². The Kier molecular flexibility index (Phi) is 10.4. The molecular weight excluding hydrogens is 372 g/mol. The third-order valence-electron chi connectivity index (χ3n) is 6.36. The van der Waals surface area contributed by atoms with E-state index >= 15 is 0 Å². The quantitative estimate of drug-likeness (QED) is 0.729. The lowest BCUT2D eigenvalue weighted by atomic mass is 9.67. The lowest BCUT2D eigenvalue weighted by Crippen LogP contribution is -2.36. The Hall–Kier alpha value is -1.85. The van der Waals surface area contributed by atoms with Crippen molar-refractivity contribution in [1.29, 1.82) is 0 Å². The van der Waals surface area contributed by atoms with Gasteiger partial charge in [0.2, 0.25) is 0 Å². The fraction of sp³-hybridized carbons (Fsp3) is 0.783. The Balaban J connectivity index is 0.000000197. The Morgan fingerprint density at radius 1 is 0.931 bits per heavy atom. The topological polar surface area (TPSA) is 106 Å². The molecule has 164 valence electrons. The second-order valence-electron chi connectivity index (χ2n) is 8.93. The molecular formula is C23H36O6. The van der Waals surface area contributed by atoms with Crippen molar-refractivity contribution >= 4 is 29.1 Å². The van der Waals surface area contributed by atoms with Crippen LogP contribution in [-0.4, -0.2) is 34.2 Å². The number of ketones is 4. The molecule has 0 bridgehead atoms. The van der Waals surface area contributed by atoms with Gasteiger partial charge in [-0.2, -0.15) is 0 Å². The van der Waals surface area contributed by atoms with E-state index in [9.17, 15) is 24.0 Å². The smallest absolute Gasteiger partial charge is 0.306 e. The number of Topliss-reactive ketones (excluding diaryl/α,β-unsaturated/α-hetero) is 4. The Labute approximate surface area is 173 Å². The first-order chi connectivity index (χ1) is 13.6. The average molecular weight is 409 g/mol. The van der Waals surface area contributed by atoms with Gasteiger partial charge in [0.05, 0.1) is 5.92 Å². The molecule has 0 spiro atoms. The van der Waals surface area contributed by atoms with E-state index in [1.165, 1.54) is 0 Å². The lowest BCUT2D eigenvalue weighted by Gasteiger charge is -2.35. The number of carbonyl (C=O) groups excluding carboxylic acids is 4. The largest absolute Gasteiger partial charge is 0.481 e. The van der Waals surface area contributed by atoms with Gasteiger partial charge in [-0.25, -0.2) is 0 Å². The molecule has 6 nitrogen and oxygen atoms in total. The van der Waals surface area contributed by atoms with Crippen LogP contribution in [-0.2, 0) is 24.0 Å². The molecule has 0 radical (unpaired) electrons. The summed E-state index contributed by atoms with van der Waals surface area (Å²) in [5, 5.41) is 8.38. The number of carbonyl (C=O) groups is 5. The monoisotopic (exact) mass is 408 g/mol. The summed E-state index contributed by atoms with van der Waals surface area (Å²) >= 11 is 0. The van der Waals surface area contributed by atoms with E-state index in [1.54, 1.807) is 0 Å². The van der Waals surface area contributed by atoms with Crippen LogP contribution in [0.3, 0.4) is 0 Å². The highest BCUT2D eigenvalue weighted by atomic mass is 16.4. The van der Waals surface area contributed by atoms with E-state index in [-0.39, 0.29) is 17.6 Å². The summed E-state index contributed by atoms with van der Waals surface area (Å²) < 4.78 is 0. The summed E-state index contributed by atoms with van der Waals surface area (Å²) in [5.74, 6) is 0.880. The summed E-state index contributed by atoms with van der Waals surface area (Å²) in [7, 11) is 0. The second-order valence-corrected chi connectivity index (χ2v) is 8.93. The molecule has 6 heteroatoms. The van der Waals surface area contributed by atoms with Gasteiger partial charge in [0.25, 0.3) is 0 Å². The summed E-state index contributed by atoms with van der Waals surface area (Å²) in [4.78, 5) is 51.8. The minimum Gasteiger partial charge on any atom is -0.481 e. The summed E-state index contributed by atoms with van der Waals surface area (Å²) in [6.45, 7) is 6.26. The van der Waals surface area contributed by atoms with E-state index in [0.717, 1.165) is 57.8 Å². The van der Waals surface area contributed by atoms with Gasteiger partial charge >= 0.3 is 5.97 Å². The standard InChI is InChI=1S/C7H12O.C6H8O3.C6H10O.C4H6O/c1-3-7(2)5-4-6(7)8;7-5-2-1-4(3-5)6(8)9;1-5-2-3-6(7)4-5;5-4-2-1-3-4/h3-5H2,1-2H3;4H,1-3H2,(H,8,9);5H,2-4H2,1H3;1-3H2. The minimum absolute atomic E-state index is 0.0833. The molecule has 3 unspecified atom stereocenters.